The second-order valence-electron chi connectivity index (χ2n) is 5.86. The van der Waals surface area contributed by atoms with E-state index < -0.39 is 0 Å². The van der Waals surface area contributed by atoms with Crippen LogP contribution in [0.4, 0.5) is 0 Å². The first kappa shape index (κ1) is 12.4. The molecular formula is C14H28N2. The number of hydrogen-bond acceptors (Lipinski definition) is 2. The molecule has 2 rings (SSSR count). The molecule has 2 heteroatoms. The highest BCUT2D eigenvalue weighted by atomic mass is 15.2. The Hall–Kier alpha value is -0.0800. The molecule has 3 atom stereocenters. The first-order valence-corrected chi connectivity index (χ1v) is 7.27. The molecule has 2 aliphatic rings. The third-order valence-electron chi connectivity index (χ3n) is 4.30. The van der Waals surface area contributed by atoms with E-state index in [-0.39, 0.29) is 0 Å². The molecule has 2 fully saturated rings. The summed E-state index contributed by atoms with van der Waals surface area (Å²) in [4.78, 5) is 2.75. The van der Waals surface area contributed by atoms with E-state index in [1.807, 2.05) is 0 Å². The average molecular weight is 224 g/mol. The highest BCUT2D eigenvalue weighted by Gasteiger charge is 2.29. The molecule has 94 valence electrons. The minimum Gasteiger partial charge on any atom is -0.314 e. The quantitative estimate of drug-likeness (QED) is 0.790. The smallest absolute Gasteiger partial charge is 0.0110 e. The molecule has 0 amide bonds. The van der Waals surface area contributed by atoms with E-state index in [9.17, 15) is 0 Å². The summed E-state index contributed by atoms with van der Waals surface area (Å²) in [5.74, 6) is 0.934. The average Bonchev–Trinajstić information content (AvgIpc) is 2.74. The third-order valence-corrected chi connectivity index (χ3v) is 4.30. The summed E-state index contributed by atoms with van der Waals surface area (Å²) < 4.78 is 0. The summed E-state index contributed by atoms with van der Waals surface area (Å²) >= 11 is 0. The molecule has 0 aromatic carbocycles. The second-order valence-corrected chi connectivity index (χ2v) is 5.86. The van der Waals surface area contributed by atoms with Gasteiger partial charge in [0.05, 0.1) is 0 Å². The van der Waals surface area contributed by atoms with Gasteiger partial charge < -0.3 is 10.2 Å². The Morgan fingerprint density at radius 1 is 1.25 bits per heavy atom. The molecule has 1 saturated carbocycles. The molecule has 2 nitrogen and oxygen atoms in total. The fraction of sp³-hybridized carbons (Fsp3) is 1.00. The largest absolute Gasteiger partial charge is 0.314 e. The predicted molar refractivity (Wildman–Crippen MR) is 69.7 cm³/mol. The van der Waals surface area contributed by atoms with Crippen molar-refractivity contribution in [1.29, 1.82) is 0 Å². The van der Waals surface area contributed by atoms with Crippen molar-refractivity contribution in [3.63, 3.8) is 0 Å². The second kappa shape index (κ2) is 6.02. The molecular weight excluding hydrogens is 196 g/mol. The Kier molecular flexibility index (Phi) is 4.66. The predicted octanol–water partition coefficient (Wildman–Crippen LogP) is 2.64. The van der Waals surface area contributed by atoms with E-state index in [1.165, 1.54) is 58.2 Å². The third kappa shape index (κ3) is 3.21. The molecule has 1 saturated heterocycles. The van der Waals surface area contributed by atoms with E-state index in [2.05, 4.69) is 24.1 Å². The van der Waals surface area contributed by atoms with E-state index in [4.69, 9.17) is 0 Å². The van der Waals surface area contributed by atoms with Gasteiger partial charge in [-0.25, -0.2) is 0 Å². The van der Waals surface area contributed by atoms with Crippen molar-refractivity contribution in [3.8, 4) is 0 Å². The van der Waals surface area contributed by atoms with Gasteiger partial charge in [0, 0.05) is 18.6 Å². The van der Waals surface area contributed by atoms with Crippen LogP contribution in [0.15, 0.2) is 0 Å². The minimum absolute atomic E-state index is 0.801. The lowest BCUT2D eigenvalue weighted by Gasteiger charge is -2.35. The summed E-state index contributed by atoms with van der Waals surface area (Å²) in [6.07, 6.45) is 8.35. The topological polar surface area (TPSA) is 15.3 Å². The Labute approximate surface area is 101 Å². The molecule has 0 aromatic rings. The van der Waals surface area contributed by atoms with E-state index in [1.54, 1.807) is 0 Å². The fourth-order valence-corrected chi connectivity index (χ4v) is 3.33. The lowest BCUT2D eigenvalue weighted by atomic mass is 9.90. The van der Waals surface area contributed by atoms with Crippen molar-refractivity contribution in [2.45, 2.75) is 64.5 Å². The monoisotopic (exact) mass is 224 g/mol. The van der Waals surface area contributed by atoms with Gasteiger partial charge in [-0.1, -0.05) is 20.3 Å². The van der Waals surface area contributed by atoms with Gasteiger partial charge in [-0.3, -0.25) is 0 Å². The van der Waals surface area contributed by atoms with E-state index in [0.29, 0.717) is 0 Å². The van der Waals surface area contributed by atoms with Crippen LogP contribution >= 0.6 is 0 Å². The van der Waals surface area contributed by atoms with Crippen LogP contribution in [0.1, 0.15) is 52.4 Å². The maximum atomic E-state index is 3.71. The lowest BCUT2D eigenvalue weighted by molar-refractivity contribution is 0.164. The van der Waals surface area contributed by atoms with Crippen LogP contribution in [0.5, 0.6) is 0 Å². The van der Waals surface area contributed by atoms with Crippen molar-refractivity contribution < 1.29 is 0 Å². The zero-order chi connectivity index (χ0) is 11.4. The molecule has 1 heterocycles. The molecule has 16 heavy (non-hydrogen) atoms. The minimum atomic E-state index is 0.801. The number of nitrogens with one attached hydrogen (secondary N) is 1. The van der Waals surface area contributed by atoms with Crippen molar-refractivity contribution in [2.24, 2.45) is 5.92 Å². The summed E-state index contributed by atoms with van der Waals surface area (Å²) in [7, 11) is 0. The molecule has 0 spiro atoms. The Morgan fingerprint density at radius 3 is 2.81 bits per heavy atom. The normalized spacial score (nSPS) is 36.8. The summed E-state index contributed by atoms with van der Waals surface area (Å²) in [6, 6.07) is 1.68. The van der Waals surface area contributed by atoms with Gasteiger partial charge in [0.1, 0.15) is 0 Å². The van der Waals surface area contributed by atoms with Crippen molar-refractivity contribution in [1.82, 2.24) is 10.2 Å². The lowest BCUT2D eigenvalue weighted by Crippen LogP contribution is -2.43. The van der Waals surface area contributed by atoms with Crippen molar-refractivity contribution in [2.75, 3.05) is 19.6 Å². The molecule has 1 aliphatic carbocycles. The van der Waals surface area contributed by atoms with Crippen LogP contribution in [0.3, 0.4) is 0 Å². The highest BCUT2D eigenvalue weighted by molar-refractivity contribution is 4.87. The summed E-state index contributed by atoms with van der Waals surface area (Å²) in [6.45, 7) is 8.57. The number of likely N-dealkylation sites (tertiary alicyclic amines) is 1. The highest BCUT2D eigenvalue weighted by Crippen LogP contribution is 2.27. The van der Waals surface area contributed by atoms with E-state index >= 15 is 0 Å². The van der Waals surface area contributed by atoms with Crippen LogP contribution in [-0.2, 0) is 0 Å². The van der Waals surface area contributed by atoms with Gasteiger partial charge in [-0.2, -0.15) is 0 Å². The van der Waals surface area contributed by atoms with Crippen LogP contribution < -0.4 is 5.32 Å². The number of hydrogen-bond donors (Lipinski definition) is 1. The van der Waals surface area contributed by atoms with Crippen LogP contribution in [0.25, 0.3) is 0 Å². The van der Waals surface area contributed by atoms with Gasteiger partial charge in [-0.05, 0) is 51.1 Å². The van der Waals surface area contributed by atoms with Gasteiger partial charge in [0.2, 0.25) is 0 Å². The van der Waals surface area contributed by atoms with E-state index in [0.717, 1.165) is 18.0 Å². The van der Waals surface area contributed by atoms with Crippen molar-refractivity contribution in [3.05, 3.63) is 0 Å². The number of nitrogens with zero attached hydrogens (tertiary/aromatic N) is 1. The van der Waals surface area contributed by atoms with Gasteiger partial charge in [0.15, 0.2) is 0 Å². The molecule has 0 radical (unpaired) electrons. The Bertz CT molecular complexity index is 205. The van der Waals surface area contributed by atoms with Gasteiger partial charge >= 0.3 is 0 Å². The Balaban J connectivity index is 1.77. The SMILES string of the molecule is CCCNC1CCCC(N2CCC(C)C2)C1. The van der Waals surface area contributed by atoms with Crippen LogP contribution in [-0.4, -0.2) is 36.6 Å². The maximum absolute atomic E-state index is 3.71. The zero-order valence-electron chi connectivity index (χ0n) is 11.0. The molecule has 1 aliphatic heterocycles. The summed E-state index contributed by atoms with van der Waals surface area (Å²) in [5.41, 5.74) is 0. The molecule has 0 aromatic heterocycles. The standard InChI is InChI=1S/C14H28N2/c1-3-8-15-13-5-4-6-14(10-13)16-9-7-12(2)11-16/h12-15H,3-11H2,1-2H3. The summed E-state index contributed by atoms with van der Waals surface area (Å²) in [5, 5.41) is 3.71. The van der Waals surface area contributed by atoms with Gasteiger partial charge in [-0.15, -0.1) is 0 Å². The van der Waals surface area contributed by atoms with Gasteiger partial charge in [0.25, 0.3) is 0 Å². The fourth-order valence-electron chi connectivity index (χ4n) is 3.33. The first-order chi connectivity index (χ1) is 7.79. The molecule has 3 unspecified atom stereocenters. The van der Waals surface area contributed by atoms with Crippen LogP contribution in [0.2, 0.25) is 0 Å². The zero-order valence-corrected chi connectivity index (χ0v) is 11.0. The number of rotatable bonds is 4. The molecule has 0 bridgehead atoms. The maximum Gasteiger partial charge on any atom is 0.0110 e. The van der Waals surface area contributed by atoms with Crippen molar-refractivity contribution >= 4 is 0 Å². The van der Waals surface area contributed by atoms with Crippen LogP contribution in [0, 0.1) is 5.92 Å². The Morgan fingerprint density at radius 2 is 2.12 bits per heavy atom. The first-order valence-electron chi connectivity index (χ1n) is 7.27. The molecule has 1 N–H and O–H groups in total.